The zero-order chi connectivity index (χ0) is 19.0. The van der Waals surface area contributed by atoms with E-state index in [1.165, 1.54) is 0 Å². The predicted octanol–water partition coefficient (Wildman–Crippen LogP) is 3.57. The number of aryl methyl sites for hydroxylation is 1. The number of benzene rings is 2. The molecule has 138 valence electrons. The lowest BCUT2D eigenvalue weighted by atomic mass is 9.92. The molecule has 27 heavy (non-hydrogen) atoms. The molecule has 0 bridgehead atoms. The first-order valence-electron chi connectivity index (χ1n) is 8.85. The molecule has 1 saturated heterocycles. The summed E-state index contributed by atoms with van der Waals surface area (Å²) in [7, 11) is 0. The summed E-state index contributed by atoms with van der Waals surface area (Å²) in [6.07, 6.45) is 3.99. The molecule has 6 heteroatoms. The van der Waals surface area contributed by atoms with Crippen LogP contribution in [0, 0.1) is 6.92 Å². The zero-order valence-corrected chi connectivity index (χ0v) is 15.7. The molecule has 1 aromatic heterocycles. The number of hydrogen-bond acceptors (Lipinski definition) is 3. The highest BCUT2D eigenvalue weighted by Gasteiger charge is 2.40. The summed E-state index contributed by atoms with van der Waals surface area (Å²) in [6, 6.07) is 14.9. The van der Waals surface area contributed by atoms with Gasteiger partial charge in [0, 0.05) is 18.9 Å². The molecular formula is C21H20ClN3O2. The molecule has 2 aromatic carbocycles. The standard InChI is InChI=1S/C21H20ClN3O2/c1-15-3-5-16(6-4-15)21(27)9-12-24(14-21)20(26)18-13-17(7-8-19(18)22)25-11-2-10-23-25/h2-8,10-11,13,27H,9,12,14H2,1H3. The summed E-state index contributed by atoms with van der Waals surface area (Å²) in [5.41, 5.74) is 2.11. The molecule has 1 aliphatic rings. The number of aromatic nitrogens is 2. The molecule has 1 N–H and O–H groups in total. The van der Waals surface area contributed by atoms with Crippen molar-refractivity contribution in [2.24, 2.45) is 0 Å². The van der Waals surface area contributed by atoms with Crippen LogP contribution < -0.4 is 0 Å². The smallest absolute Gasteiger partial charge is 0.255 e. The fourth-order valence-electron chi connectivity index (χ4n) is 3.48. The maximum atomic E-state index is 13.1. The fraction of sp³-hybridized carbons (Fsp3) is 0.238. The average Bonchev–Trinajstić information content (AvgIpc) is 3.33. The molecule has 5 nitrogen and oxygen atoms in total. The van der Waals surface area contributed by atoms with Gasteiger partial charge in [-0.25, -0.2) is 4.68 Å². The van der Waals surface area contributed by atoms with E-state index in [-0.39, 0.29) is 12.5 Å². The van der Waals surface area contributed by atoms with Crippen molar-refractivity contribution in [3.05, 3.63) is 82.6 Å². The molecule has 0 spiro atoms. The van der Waals surface area contributed by atoms with Crippen molar-refractivity contribution in [3.8, 4) is 5.69 Å². The Kier molecular flexibility index (Phi) is 4.50. The summed E-state index contributed by atoms with van der Waals surface area (Å²) in [5, 5.41) is 15.6. The van der Waals surface area contributed by atoms with E-state index in [4.69, 9.17) is 11.6 Å². The third kappa shape index (κ3) is 3.36. The highest BCUT2D eigenvalue weighted by atomic mass is 35.5. The Hall–Kier alpha value is -2.63. The van der Waals surface area contributed by atoms with Crippen molar-refractivity contribution in [1.82, 2.24) is 14.7 Å². The van der Waals surface area contributed by atoms with Crippen LogP contribution in [0.25, 0.3) is 5.69 Å². The van der Waals surface area contributed by atoms with Crippen LogP contribution in [0.15, 0.2) is 60.9 Å². The molecule has 0 radical (unpaired) electrons. The van der Waals surface area contributed by atoms with Crippen molar-refractivity contribution in [3.63, 3.8) is 0 Å². The Morgan fingerprint density at radius 1 is 1.22 bits per heavy atom. The lowest BCUT2D eigenvalue weighted by Crippen LogP contribution is -2.34. The second-order valence-corrected chi connectivity index (χ2v) is 7.40. The maximum absolute atomic E-state index is 13.1. The number of hydrogen-bond donors (Lipinski definition) is 1. The number of carbonyl (C=O) groups excluding carboxylic acids is 1. The summed E-state index contributed by atoms with van der Waals surface area (Å²) in [5.74, 6) is -0.183. The van der Waals surface area contributed by atoms with Crippen molar-refractivity contribution in [2.75, 3.05) is 13.1 Å². The number of nitrogens with zero attached hydrogens (tertiary/aromatic N) is 3. The van der Waals surface area contributed by atoms with Crippen LogP contribution in [-0.4, -0.2) is 38.8 Å². The van der Waals surface area contributed by atoms with Gasteiger partial charge in [0.1, 0.15) is 5.60 Å². The molecule has 1 amide bonds. The van der Waals surface area contributed by atoms with E-state index in [1.807, 2.05) is 49.5 Å². The number of rotatable bonds is 3. The van der Waals surface area contributed by atoms with Crippen LogP contribution >= 0.6 is 11.6 Å². The topological polar surface area (TPSA) is 58.4 Å². The highest BCUT2D eigenvalue weighted by molar-refractivity contribution is 6.33. The third-order valence-electron chi connectivity index (χ3n) is 5.07. The summed E-state index contributed by atoms with van der Waals surface area (Å²) < 4.78 is 1.68. The van der Waals surface area contributed by atoms with Gasteiger partial charge in [-0.2, -0.15) is 5.10 Å². The SMILES string of the molecule is Cc1ccc(C2(O)CCN(C(=O)c3cc(-n4cccn4)ccc3Cl)C2)cc1. The quantitative estimate of drug-likeness (QED) is 0.754. The summed E-state index contributed by atoms with van der Waals surface area (Å²) in [6.45, 7) is 2.73. The van der Waals surface area contributed by atoms with Gasteiger partial charge in [0.15, 0.2) is 0 Å². The van der Waals surface area contributed by atoms with E-state index in [9.17, 15) is 9.90 Å². The monoisotopic (exact) mass is 381 g/mol. The average molecular weight is 382 g/mol. The fourth-order valence-corrected chi connectivity index (χ4v) is 3.68. The molecule has 1 fully saturated rings. The predicted molar refractivity (Wildman–Crippen MR) is 104 cm³/mol. The van der Waals surface area contributed by atoms with E-state index in [2.05, 4.69) is 5.10 Å². The summed E-state index contributed by atoms with van der Waals surface area (Å²) in [4.78, 5) is 14.7. The van der Waals surface area contributed by atoms with Crippen molar-refractivity contribution < 1.29 is 9.90 Å². The molecule has 0 saturated carbocycles. The van der Waals surface area contributed by atoms with Gasteiger partial charge in [-0.1, -0.05) is 41.4 Å². The minimum atomic E-state index is -1.03. The summed E-state index contributed by atoms with van der Waals surface area (Å²) >= 11 is 6.30. The molecule has 3 aromatic rings. The van der Waals surface area contributed by atoms with E-state index in [1.54, 1.807) is 27.9 Å². The number of carbonyl (C=O) groups is 1. The molecule has 1 aliphatic heterocycles. The van der Waals surface area contributed by atoms with E-state index in [0.717, 1.165) is 16.8 Å². The van der Waals surface area contributed by atoms with Gasteiger partial charge in [-0.05, 0) is 43.2 Å². The van der Waals surface area contributed by atoms with E-state index >= 15 is 0 Å². The Morgan fingerprint density at radius 3 is 2.70 bits per heavy atom. The van der Waals surface area contributed by atoms with Crippen LogP contribution in [0.1, 0.15) is 27.9 Å². The van der Waals surface area contributed by atoms with Crippen LogP contribution in [0.4, 0.5) is 0 Å². The molecule has 1 unspecified atom stereocenters. The normalized spacial score (nSPS) is 19.4. The van der Waals surface area contributed by atoms with Crippen molar-refractivity contribution >= 4 is 17.5 Å². The van der Waals surface area contributed by atoms with Gasteiger partial charge in [0.05, 0.1) is 22.8 Å². The molecule has 2 heterocycles. The highest BCUT2D eigenvalue weighted by Crippen LogP contribution is 2.33. The third-order valence-corrected chi connectivity index (χ3v) is 5.40. The number of amides is 1. The Balaban J connectivity index is 1.59. The first kappa shape index (κ1) is 17.8. The second-order valence-electron chi connectivity index (χ2n) is 6.99. The molecule has 1 atom stereocenters. The van der Waals surface area contributed by atoms with Crippen molar-refractivity contribution in [2.45, 2.75) is 18.9 Å². The largest absolute Gasteiger partial charge is 0.383 e. The molecule has 0 aliphatic carbocycles. The Bertz CT molecular complexity index is 970. The van der Waals surface area contributed by atoms with Crippen LogP contribution in [0.2, 0.25) is 5.02 Å². The van der Waals surface area contributed by atoms with Crippen LogP contribution in [-0.2, 0) is 5.60 Å². The number of β-amino-alcohol motifs (C(OH)–C–C–N with tert-alkyl or cyclic N) is 1. The van der Waals surface area contributed by atoms with Crippen LogP contribution in [0.5, 0.6) is 0 Å². The Labute approximate surface area is 162 Å². The van der Waals surface area contributed by atoms with E-state index < -0.39 is 5.60 Å². The lowest BCUT2D eigenvalue weighted by molar-refractivity contribution is 0.0417. The number of likely N-dealkylation sites (tertiary alicyclic amines) is 1. The van der Waals surface area contributed by atoms with Gasteiger partial charge in [0.25, 0.3) is 5.91 Å². The number of halogens is 1. The van der Waals surface area contributed by atoms with Gasteiger partial charge >= 0.3 is 0 Å². The minimum absolute atomic E-state index is 0.183. The first-order chi connectivity index (χ1) is 13.0. The molecule has 4 rings (SSSR count). The first-order valence-corrected chi connectivity index (χ1v) is 9.22. The minimum Gasteiger partial charge on any atom is -0.383 e. The van der Waals surface area contributed by atoms with Gasteiger partial charge < -0.3 is 10.0 Å². The van der Waals surface area contributed by atoms with Crippen molar-refractivity contribution in [1.29, 1.82) is 0 Å². The maximum Gasteiger partial charge on any atom is 0.255 e. The number of aliphatic hydroxyl groups is 1. The Morgan fingerprint density at radius 2 is 2.00 bits per heavy atom. The molecular weight excluding hydrogens is 362 g/mol. The lowest BCUT2D eigenvalue weighted by Gasteiger charge is -2.24. The van der Waals surface area contributed by atoms with Gasteiger partial charge in [0.2, 0.25) is 0 Å². The zero-order valence-electron chi connectivity index (χ0n) is 15.0. The second kappa shape index (κ2) is 6.83. The van der Waals surface area contributed by atoms with Gasteiger partial charge in [-0.3, -0.25) is 4.79 Å². The van der Waals surface area contributed by atoms with E-state index in [0.29, 0.717) is 23.6 Å². The van der Waals surface area contributed by atoms with Crippen LogP contribution in [0.3, 0.4) is 0 Å². The van der Waals surface area contributed by atoms with Gasteiger partial charge in [-0.15, -0.1) is 0 Å².